The van der Waals surface area contributed by atoms with Crippen molar-refractivity contribution >= 4 is 11.9 Å². The van der Waals surface area contributed by atoms with Gasteiger partial charge < -0.3 is 9.47 Å². The third kappa shape index (κ3) is 19.7. The van der Waals surface area contributed by atoms with Crippen molar-refractivity contribution in [1.82, 2.24) is 0 Å². The number of carbonyl (C=O) groups excluding carboxylic acids is 2. The molecule has 0 N–H and O–H groups in total. The Morgan fingerprint density at radius 1 is 0.679 bits per heavy atom. The van der Waals surface area contributed by atoms with E-state index < -0.39 is 0 Å². The van der Waals surface area contributed by atoms with Crippen molar-refractivity contribution in [1.29, 1.82) is 0 Å². The molecule has 0 saturated carbocycles. The molecular weight excluding hydrogens is 352 g/mol. The molecule has 0 aliphatic rings. The zero-order chi connectivity index (χ0) is 21.0. The van der Waals surface area contributed by atoms with Gasteiger partial charge in [-0.1, -0.05) is 91.4 Å². The second kappa shape index (κ2) is 19.3. The number of hydrogen-bond acceptors (Lipinski definition) is 4. The highest BCUT2D eigenvalue weighted by Gasteiger charge is 2.13. The molecule has 0 bridgehead atoms. The minimum Gasteiger partial charge on any atom is -0.466 e. The molecule has 0 amide bonds. The number of hydrogen-bond donors (Lipinski definition) is 0. The summed E-state index contributed by atoms with van der Waals surface area (Å²) in [4.78, 5) is 23.4. The van der Waals surface area contributed by atoms with Crippen LogP contribution < -0.4 is 0 Å². The van der Waals surface area contributed by atoms with E-state index in [0.717, 1.165) is 19.3 Å². The Bertz CT molecular complexity index is 379. The molecular formula is C24H46O4. The monoisotopic (exact) mass is 398 g/mol. The standard InChI is InChI=1S/C24H46O4/c1-5-6-7-8-9-10-11-12-13-14-15-16-19-27-23(25)17-18-24(26)28-22(4)20-21(2)3/h21-22H,5-20H2,1-4H3. The quantitative estimate of drug-likeness (QED) is 0.174. The van der Waals surface area contributed by atoms with E-state index in [4.69, 9.17) is 9.47 Å². The van der Waals surface area contributed by atoms with Gasteiger partial charge in [0, 0.05) is 0 Å². The van der Waals surface area contributed by atoms with Crippen molar-refractivity contribution in [3.63, 3.8) is 0 Å². The van der Waals surface area contributed by atoms with Crippen LogP contribution in [-0.4, -0.2) is 24.6 Å². The first-order valence-electron chi connectivity index (χ1n) is 11.8. The lowest BCUT2D eigenvalue weighted by atomic mass is 10.1. The molecule has 0 heterocycles. The summed E-state index contributed by atoms with van der Waals surface area (Å²) in [5.74, 6) is -0.115. The third-order valence-corrected chi connectivity index (χ3v) is 4.93. The number of unbranched alkanes of at least 4 members (excludes halogenated alkanes) is 11. The molecule has 0 aliphatic heterocycles. The topological polar surface area (TPSA) is 52.6 Å². The van der Waals surface area contributed by atoms with Crippen molar-refractivity contribution in [2.24, 2.45) is 5.92 Å². The summed E-state index contributed by atoms with van der Waals surface area (Å²) in [6.07, 6.45) is 16.4. The molecule has 1 atom stereocenters. The summed E-state index contributed by atoms with van der Waals surface area (Å²) < 4.78 is 10.5. The minimum absolute atomic E-state index is 0.0930. The van der Waals surface area contributed by atoms with Gasteiger partial charge in [0.15, 0.2) is 0 Å². The molecule has 0 aromatic rings. The van der Waals surface area contributed by atoms with Crippen LogP contribution in [0.15, 0.2) is 0 Å². The number of ether oxygens (including phenoxy) is 2. The molecule has 0 aromatic carbocycles. The average Bonchev–Trinajstić information content (AvgIpc) is 2.63. The molecule has 1 unspecified atom stereocenters. The fraction of sp³-hybridized carbons (Fsp3) is 0.917. The first-order chi connectivity index (χ1) is 13.5. The molecule has 4 heteroatoms. The Labute approximate surface area is 174 Å². The summed E-state index contributed by atoms with van der Waals surface area (Å²) >= 11 is 0. The Morgan fingerprint density at radius 3 is 1.64 bits per heavy atom. The highest BCUT2D eigenvalue weighted by Crippen LogP contribution is 2.12. The highest BCUT2D eigenvalue weighted by molar-refractivity contribution is 5.77. The maximum absolute atomic E-state index is 11.7. The molecule has 0 rings (SSSR count). The van der Waals surface area contributed by atoms with Gasteiger partial charge in [-0.15, -0.1) is 0 Å². The Balaban J connectivity index is 3.38. The fourth-order valence-corrected chi connectivity index (χ4v) is 3.40. The largest absolute Gasteiger partial charge is 0.466 e. The molecule has 0 aromatic heterocycles. The van der Waals surface area contributed by atoms with Gasteiger partial charge >= 0.3 is 11.9 Å². The van der Waals surface area contributed by atoms with Crippen LogP contribution in [-0.2, 0) is 19.1 Å². The normalized spacial score (nSPS) is 12.2. The van der Waals surface area contributed by atoms with Crippen LogP contribution in [0.2, 0.25) is 0 Å². The number of carbonyl (C=O) groups is 2. The zero-order valence-corrected chi connectivity index (χ0v) is 19.1. The molecule has 0 spiro atoms. The van der Waals surface area contributed by atoms with Crippen LogP contribution in [0.25, 0.3) is 0 Å². The van der Waals surface area contributed by atoms with Gasteiger partial charge in [0.1, 0.15) is 0 Å². The van der Waals surface area contributed by atoms with Gasteiger partial charge in [0.25, 0.3) is 0 Å². The summed E-state index contributed by atoms with van der Waals surface area (Å²) in [5, 5.41) is 0. The van der Waals surface area contributed by atoms with Crippen LogP contribution in [0.1, 0.15) is 124 Å². The first-order valence-corrected chi connectivity index (χ1v) is 11.8. The van der Waals surface area contributed by atoms with E-state index in [1.54, 1.807) is 0 Å². The van der Waals surface area contributed by atoms with E-state index in [1.807, 2.05) is 6.92 Å². The molecule has 0 fully saturated rings. The summed E-state index contributed by atoms with van der Waals surface area (Å²) in [6, 6.07) is 0. The van der Waals surface area contributed by atoms with Crippen molar-refractivity contribution in [3.8, 4) is 0 Å². The van der Waals surface area contributed by atoms with Gasteiger partial charge in [-0.2, -0.15) is 0 Å². The van der Waals surface area contributed by atoms with Crippen LogP contribution in [0.5, 0.6) is 0 Å². The van der Waals surface area contributed by atoms with Crippen LogP contribution >= 0.6 is 0 Å². The van der Waals surface area contributed by atoms with Crippen molar-refractivity contribution in [3.05, 3.63) is 0 Å². The predicted molar refractivity (Wildman–Crippen MR) is 116 cm³/mol. The van der Waals surface area contributed by atoms with Gasteiger partial charge in [-0.05, 0) is 25.7 Å². The first kappa shape index (κ1) is 26.9. The summed E-state index contributed by atoms with van der Waals surface area (Å²) in [6.45, 7) is 8.81. The van der Waals surface area contributed by atoms with Gasteiger partial charge in [-0.3, -0.25) is 9.59 Å². The molecule has 0 radical (unpaired) electrons. The Morgan fingerprint density at radius 2 is 1.14 bits per heavy atom. The van der Waals surface area contributed by atoms with Crippen LogP contribution in [0, 0.1) is 5.92 Å². The second-order valence-electron chi connectivity index (χ2n) is 8.54. The highest BCUT2D eigenvalue weighted by atomic mass is 16.5. The van der Waals surface area contributed by atoms with E-state index in [-0.39, 0.29) is 30.9 Å². The predicted octanol–water partition coefficient (Wildman–Crippen LogP) is 6.99. The minimum atomic E-state index is -0.310. The Kier molecular flexibility index (Phi) is 18.5. The van der Waals surface area contributed by atoms with E-state index in [2.05, 4.69) is 20.8 Å². The number of rotatable bonds is 19. The number of esters is 2. The maximum Gasteiger partial charge on any atom is 0.306 e. The lowest BCUT2D eigenvalue weighted by Gasteiger charge is -2.15. The Hall–Kier alpha value is -1.06. The van der Waals surface area contributed by atoms with Gasteiger partial charge in [0.05, 0.1) is 25.6 Å². The van der Waals surface area contributed by atoms with Gasteiger partial charge in [-0.25, -0.2) is 0 Å². The van der Waals surface area contributed by atoms with E-state index in [9.17, 15) is 9.59 Å². The molecule has 0 aliphatic carbocycles. The van der Waals surface area contributed by atoms with Crippen LogP contribution in [0.4, 0.5) is 0 Å². The van der Waals surface area contributed by atoms with Crippen LogP contribution in [0.3, 0.4) is 0 Å². The lowest BCUT2D eigenvalue weighted by Crippen LogP contribution is -2.18. The molecule has 166 valence electrons. The van der Waals surface area contributed by atoms with E-state index >= 15 is 0 Å². The van der Waals surface area contributed by atoms with Gasteiger partial charge in [0.2, 0.25) is 0 Å². The summed E-state index contributed by atoms with van der Waals surface area (Å²) in [5.41, 5.74) is 0. The molecule has 4 nitrogen and oxygen atoms in total. The second-order valence-corrected chi connectivity index (χ2v) is 8.54. The van der Waals surface area contributed by atoms with Crippen molar-refractivity contribution < 1.29 is 19.1 Å². The summed E-state index contributed by atoms with van der Waals surface area (Å²) in [7, 11) is 0. The van der Waals surface area contributed by atoms with E-state index in [0.29, 0.717) is 12.5 Å². The van der Waals surface area contributed by atoms with Crippen molar-refractivity contribution in [2.45, 2.75) is 130 Å². The fourth-order valence-electron chi connectivity index (χ4n) is 3.40. The molecule has 0 saturated heterocycles. The smallest absolute Gasteiger partial charge is 0.306 e. The van der Waals surface area contributed by atoms with Crippen molar-refractivity contribution in [2.75, 3.05) is 6.61 Å². The molecule has 28 heavy (non-hydrogen) atoms. The maximum atomic E-state index is 11.7. The third-order valence-electron chi connectivity index (χ3n) is 4.93. The SMILES string of the molecule is CCCCCCCCCCCCCCOC(=O)CCC(=O)OC(C)CC(C)C. The zero-order valence-electron chi connectivity index (χ0n) is 19.1. The lowest BCUT2D eigenvalue weighted by molar-refractivity contribution is -0.153. The van der Waals surface area contributed by atoms with E-state index in [1.165, 1.54) is 64.2 Å². The average molecular weight is 399 g/mol.